The highest BCUT2D eigenvalue weighted by atomic mass is 35.5. The smallest absolute Gasteiger partial charge is 0.271 e. The van der Waals surface area contributed by atoms with E-state index in [1.165, 1.54) is 11.8 Å². The van der Waals surface area contributed by atoms with Gasteiger partial charge in [0.25, 0.3) is 5.91 Å². The average molecular weight is 638 g/mol. The molecule has 0 bridgehead atoms. The van der Waals surface area contributed by atoms with E-state index in [2.05, 4.69) is 0 Å². The van der Waals surface area contributed by atoms with E-state index < -0.39 is 0 Å². The third kappa shape index (κ3) is 6.96. The van der Waals surface area contributed by atoms with E-state index in [0.29, 0.717) is 61.2 Å². The first kappa shape index (κ1) is 30.1. The molecule has 214 valence electrons. The monoisotopic (exact) mass is 636 g/mol. The summed E-state index contributed by atoms with van der Waals surface area (Å²) in [7, 11) is 0. The fourth-order valence-corrected chi connectivity index (χ4v) is 5.76. The lowest BCUT2D eigenvalue weighted by atomic mass is 10.1. The van der Waals surface area contributed by atoms with Crippen molar-refractivity contribution in [3.8, 4) is 11.5 Å². The lowest BCUT2D eigenvalue weighted by molar-refractivity contribution is -0.113. The molecule has 5 nitrogen and oxygen atoms in total. The van der Waals surface area contributed by atoms with Crippen molar-refractivity contribution >= 4 is 75.1 Å². The standard InChI is InChI=1S/C33H27Cl3N2O3S/c1-4-40-30-15-22(10-13-29(30)41-19-23-6-5-7-24(34)14-23)16-31-32(39)38(26-12-9-21(3)28(36)18-26)33(42-31)37-25-11-8-20(2)27(35)17-25/h5-18H,4,19H2,1-3H3/b31-16+,37-33?. The van der Waals surface area contributed by atoms with E-state index in [9.17, 15) is 4.79 Å². The van der Waals surface area contributed by atoms with Gasteiger partial charge in [0.2, 0.25) is 0 Å². The number of anilines is 1. The predicted molar refractivity (Wildman–Crippen MR) is 176 cm³/mol. The van der Waals surface area contributed by atoms with Gasteiger partial charge in [0.05, 0.1) is 22.9 Å². The van der Waals surface area contributed by atoms with Crippen molar-refractivity contribution in [3.05, 3.63) is 121 Å². The maximum atomic E-state index is 13.8. The first-order chi connectivity index (χ1) is 20.2. The van der Waals surface area contributed by atoms with Crippen LogP contribution in [0.1, 0.15) is 29.2 Å². The average Bonchev–Trinajstić information content (AvgIpc) is 3.26. The molecule has 1 aliphatic heterocycles. The number of nitrogens with zero attached hydrogens (tertiary/aromatic N) is 2. The minimum atomic E-state index is -0.212. The van der Waals surface area contributed by atoms with Crippen molar-refractivity contribution in [1.29, 1.82) is 0 Å². The molecular weight excluding hydrogens is 611 g/mol. The maximum absolute atomic E-state index is 13.8. The van der Waals surface area contributed by atoms with Crippen LogP contribution in [0.3, 0.4) is 0 Å². The van der Waals surface area contributed by atoms with Gasteiger partial charge in [-0.15, -0.1) is 0 Å². The van der Waals surface area contributed by atoms with Gasteiger partial charge in [-0.2, -0.15) is 0 Å². The van der Waals surface area contributed by atoms with Crippen LogP contribution in [0.15, 0.2) is 88.8 Å². The summed E-state index contributed by atoms with van der Waals surface area (Å²) in [6, 6.07) is 24.2. The lowest BCUT2D eigenvalue weighted by Gasteiger charge is -2.16. The van der Waals surface area contributed by atoms with E-state index in [0.717, 1.165) is 22.3 Å². The van der Waals surface area contributed by atoms with Gasteiger partial charge >= 0.3 is 0 Å². The van der Waals surface area contributed by atoms with Gasteiger partial charge in [0, 0.05) is 15.1 Å². The van der Waals surface area contributed by atoms with Gasteiger partial charge in [0.15, 0.2) is 16.7 Å². The summed E-state index contributed by atoms with van der Waals surface area (Å²) in [6.07, 6.45) is 1.82. The van der Waals surface area contributed by atoms with Crippen molar-refractivity contribution < 1.29 is 14.3 Å². The zero-order valence-corrected chi connectivity index (χ0v) is 26.2. The minimum Gasteiger partial charge on any atom is -0.490 e. The molecule has 1 saturated heterocycles. The Morgan fingerprint density at radius 3 is 2.33 bits per heavy atom. The molecule has 0 N–H and O–H groups in total. The topological polar surface area (TPSA) is 51.1 Å². The second kappa shape index (κ2) is 13.3. The van der Waals surface area contributed by atoms with Gasteiger partial charge in [0.1, 0.15) is 6.61 Å². The maximum Gasteiger partial charge on any atom is 0.271 e. The Bertz CT molecular complexity index is 1720. The molecule has 5 rings (SSSR count). The van der Waals surface area contributed by atoms with Gasteiger partial charge in [-0.3, -0.25) is 9.69 Å². The molecule has 0 atom stereocenters. The van der Waals surface area contributed by atoms with Crippen LogP contribution in [-0.2, 0) is 11.4 Å². The number of amidine groups is 1. The van der Waals surface area contributed by atoms with Crippen LogP contribution in [0.4, 0.5) is 11.4 Å². The summed E-state index contributed by atoms with van der Waals surface area (Å²) >= 11 is 20.2. The second-order valence-corrected chi connectivity index (χ2v) is 11.8. The first-order valence-corrected chi connectivity index (χ1v) is 15.2. The van der Waals surface area contributed by atoms with Crippen molar-refractivity contribution in [3.63, 3.8) is 0 Å². The van der Waals surface area contributed by atoms with Crippen LogP contribution >= 0.6 is 46.6 Å². The minimum absolute atomic E-state index is 0.212. The molecule has 0 aromatic heterocycles. The van der Waals surface area contributed by atoms with Crippen LogP contribution in [-0.4, -0.2) is 17.7 Å². The van der Waals surface area contributed by atoms with Crippen molar-refractivity contribution in [2.75, 3.05) is 11.5 Å². The second-order valence-electron chi connectivity index (χ2n) is 9.57. The number of thioether (sulfide) groups is 1. The molecule has 1 heterocycles. The summed E-state index contributed by atoms with van der Waals surface area (Å²) in [5.41, 5.74) is 4.87. The number of amides is 1. The number of rotatable bonds is 8. The fraction of sp³-hybridized carbons (Fsp3) is 0.152. The Hall–Kier alpha value is -3.42. The number of aryl methyl sites for hydroxylation is 2. The molecule has 0 aliphatic carbocycles. The van der Waals surface area contributed by atoms with Crippen LogP contribution in [0.2, 0.25) is 15.1 Å². The van der Waals surface area contributed by atoms with E-state index in [4.69, 9.17) is 49.3 Å². The first-order valence-electron chi connectivity index (χ1n) is 13.2. The molecule has 1 fully saturated rings. The number of carbonyl (C=O) groups excluding carboxylic acids is 1. The third-order valence-corrected chi connectivity index (χ3v) is 8.47. The largest absolute Gasteiger partial charge is 0.490 e. The van der Waals surface area contributed by atoms with Crippen LogP contribution in [0.5, 0.6) is 11.5 Å². The number of hydrogen-bond acceptors (Lipinski definition) is 5. The van der Waals surface area contributed by atoms with Crippen LogP contribution in [0, 0.1) is 13.8 Å². The molecule has 0 spiro atoms. The fourth-order valence-electron chi connectivity index (χ4n) is 4.20. The molecule has 0 unspecified atom stereocenters. The zero-order chi connectivity index (χ0) is 29.8. The van der Waals surface area contributed by atoms with Gasteiger partial charge < -0.3 is 9.47 Å². The number of hydrogen-bond donors (Lipinski definition) is 0. The van der Waals surface area contributed by atoms with Crippen molar-refractivity contribution in [1.82, 2.24) is 0 Å². The van der Waals surface area contributed by atoms with Gasteiger partial charge in [-0.1, -0.05) is 65.1 Å². The van der Waals surface area contributed by atoms with Gasteiger partial charge in [-0.05, 0) is 109 Å². The number of benzene rings is 4. The highest BCUT2D eigenvalue weighted by Gasteiger charge is 2.35. The molecular formula is C33H27Cl3N2O3S. The Morgan fingerprint density at radius 1 is 0.857 bits per heavy atom. The summed E-state index contributed by atoms with van der Waals surface area (Å²) < 4.78 is 11.9. The van der Waals surface area contributed by atoms with Crippen LogP contribution in [0.25, 0.3) is 6.08 Å². The number of ether oxygens (including phenoxy) is 2. The summed E-state index contributed by atoms with van der Waals surface area (Å²) in [4.78, 5) is 20.7. The Morgan fingerprint density at radius 2 is 1.62 bits per heavy atom. The van der Waals surface area contributed by atoms with Crippen LogP contribution < -0.4 is 14.4 Å². The molecule has 42 heavy (non-hydrogen) atoms. The molecule has 4 aromatic rings. The highest BCUT2D eigenvalue weighted by Crippen LogP contribution is 2.40. The van der Waals surface area contributed by atoms with Crippen molar-refractivity contribution in [2.24, 2.45) is 4.99 Å². The summed E-state index contributed by atoms with van der Waals surface area (Å²) in [5.74, 6) is 0.963. The molecule has 9 heteroatoms. The Kier molecular flexibility index (Phi) is 9.49. The lowest BCUT2D eigenvalue weighted by Crippen LogP contribution is -2.28. The molecule has 1 aliphatic rings. The van der Waals surface area contributed by atoms with E-state index in [-0.39, 0.29) is 5.91 Å². The molecule has 0 saturated carbocycles. The predicted octanol–water partition coefficient (Wildman–Crippen LogP) is 10.0. The zero-order valence-electron chi connectivity index (χ0n) is 23.2. The Labute approximate surface area is 264 Å². The molecule has 1 amide bonds. The Balaban J connectivity index is 1.48. The van der Waals surface area contributed by atoms with Gasteiger partial charge in [-0.25, -0.2) is 4.99 Å². The van der Waals surface area contributed by atoms with E-state index in [1.807, 2.05) is 93.6 Å². The quantitative estimate of drug-likeness (QED) is 0.180. The molecule has 4 aromatic carbocycles. The number of aliphatic imine (C=N–C) groups is 1. The summed E-state index contributed by atoms with van der Waals surface area (Å²) in [5, 5.41) is 2.32. The van der Waals surface area contributed by atoms with E-state index in [1.54, 1.807) is 17.0 Å². The summed E-state index contributed by atoms with van der Waals surface area (Å²) in [6.45, 7) is 6.55. The highest BCUT2D eigenvalue weighted by molar-refractivity contribution is 8.19. The van der Waals surface area contributed by atoms with E-state index >= 15 is 0 Å². The van der Waals surface area contributed by atoms with Crippen molar-refractivity contribution in [2.45, 2.75) is 27.4 Å². The molecule has 0 radical (unpaired) electrons. The number of halogens is 3. The SMILES string of the molecule is CCOc1cc(/C=C2/SC(=Nc3ccc(C)c(Cl)c3)N(c3ccc(C)c(Cl)c3)C2=O)ccc1OCc1cccc(Cl)c1. The third-order valence-electron chi connectivity index (χ3n) is 6.45. The normalized spacial score (nSPS) is 15.1. The number of carbonyl (C=O) groups is 1.